The first-order valence-electron chi connectivity index (χ1n) is 8.52. The van der Waals surface area contributed by atoms with Gasteiger partial charge in [0.1, 0.15) is 5.76 Å². The lowest BCUT2D eigenvalue weighted by Gasteiger charge is -2.15. The summed E-state index contributed by atoms with van der Waals surface area (Å²) in [5, 5.41) is 6.84. The third-order valence-electron chi connectivity index (χ3n) is 4.30. The molecule has 0 aliphatic carbocycles. The molecule has 9 heteroatoms. The van der Waals surface area contributed by atoms with Crippen LogP contribution in [0.1, 0.15) is 40.9 Å². The molecule has 0 fully saturated rings. The van der Waals surface area contributed by atoms with Crippen molar-refractivity contribution >= 4 is 15.9 Å². The summed E-state index contributed by atoms with van der Waals surface area (Å²) in [5.74, 6) is 1.22. The van der Waals surface area contributed by atoms with Crippen molar-refractivity contribution in [3.05, 3.63) is 34.8 Å². The van der Waals surface area contributed by atoms with E-state index in [1.165, 1.54) is 4.31 Å². The first-order chi connectivity index (χ1) is 12.2. The Balaban J connectivity index is 1.99. The van der Waals surface area contributed by atoms with Gasteiger partial charge >= 0.3 is 0 Å². The van der Waals surface area contributed by atoms with Crippen LogP contribution in [0.3, 0.4) is 0 Å². The standard InChI is InChI=1S/C17H26N4O4S/c1-6-26(23,24)20(5)9-7-8-18-17(22)15-10-12(2)21(14(15)4)16-11-13(3)25-19-16/h10-11H,6-9H2,1-5H3,(H,18,22). The highest BCUT2D eigenvalue weighted by Crippen LogP contribution is 2.20. The van der Waals surface area contributed by atoms with E-state index in [2.05, 4.69) is 10.5 Å². The minimum Gasteiger partial charge on any atom is -0.360 e. The Kier molecular flexibility index (Phi) is 6.25. The monoisotopic (exact) mass is 382 g/mol. The number of amides is 1. The number of carbonyl (C=O) groups excluding carboxylic acids is 1. The van der Waals surface area contributed by atoms with Gasteiger partial charge in [0.2, 0.25) is 10.0 Å². The summed E-state index contributed by atoms with van der Waals surface area (Å²) in [5.41, 5.74) is 2.23. The maximum absolute atomic E-state index is 12.5. The fourth-order valence-corrected chi connectivity index (χ4v) is 3.61. The Bertz CT molecular complexity index is 883. The van der Waals surface area contributed by atoms with Crippen molar-refractivity contribution in [1.82, 2.24) is 19.3 Å². The first-order valence-corrected chi connectivity index (χ1v) is 10.1. The molecule has 0 aliphatic heterocycles. The van der Waals surface area contributed by atoms with E-state index in [-0.39, 0.29) is 11.7 Å². The zero-order chi connectivity index (χ0) is 19.5. The topological polar surface area (TPSA) is 97.4 Å². The number of aromatic nitrogens is 2. The number of hydrogen-bond acceptors (Lipinski definition) is 5. The molecule has 0 aliphatic rings. The van der Waals surface area contributed by atoms with Crippen molar-refractivity contribution in [1.29, 1.82) is 0 Å². The lowest BCUT2D eigenvalue weighted by Crippen LogP contribution is -2.32. The van der Waals surface area contributed by atoms with E-state index in [4.69, 9.17) is 4.52 Å². The number of aryl methyl sites for hydroxylation is 2. The molecule has 8 nitrogen and oxygen atoms in total. The molecule has 0 saturated heterocycles. The molecule has 144 valence electrons. The summed E-state index contributed by atoms with van der Waals surface area (Å²) in [6, 6.07) is 3.62. The average Bonchev–Trinajstić information content (AvgIpc) is 3.13. The van der Waals surface area contributed by atoms with Crippen LogP contribution in [0.25, 0.3) is 5.82 Å². The Morgan fingerprint density at radius 3 is 2.58 bits per heavy atom. The molecular formula is C17H26N4O4S. The summed E-state index contributed by atoms with van der Waals surface area (Å²) in [6.45, 7) is 7.95. The molecule has 2 aromatic rings. The summed E-state index contributed by atoms with van der Waals surface area (Å²) < 4.78 is 31.7. The van der Waals surface area contributed by atoms with E-state index in [0.717, 1.165) is 11.4 Å². The van der Waals surface area contributed by atoms with Crippen LogP contribution in [-0.2, 0) is 10.0 Å². The van der Waals surface area contributed by atoms with E-state index in [1.54, 1.807) is 14.0 Å². The molecule has 0 bridgehead atoms. The number of carbonyl (C=O) groups is 1. The highest BCUT2D eigenvalue weighted by molar-refractivity contribution is 7.89. The average molecular weight is 382 g/mol. The van der Waals surface area contributed by atoms with E-state index < -0.39 is 10.0 Å². The Morgan fingerprint density at radius 1 is 1.31 bits per heavy atom. The fourth-order valence-electron chi connectivity index (χ4n) is 2.76. The van der Waals surface area contributed by atoms with Gasteiger partial charge in [0.25, 0.3) is 5.91 Å². The van der Waals surface area contributed by atoms with Gasteiger partial charge in [0.05, 0.1) is 11.3 Å². The van der Waals surface area contributed by atoms with Crippen LogP contribution in [0.15, 0.2) is 16.7 Å². The predicted molar refractivity (Wildman–Crippen MR) is 99.1 cm³/mol. The predicted octanol–water partition coefficient (Wildman–Crippen LogP) is 1.79. The molecule has 2 rings (SSSR count). The summed E-state index contributed by atoms with van der Waals surface area (Å²) in [6.07, 6.45) is 0.544. The minimum absolute atomic E-state index is 0.0728. The van der Waals surface area contributed by atoms with E-state index in [0.29, 0.717) is 36.7 Å². The van der Waals surface area contributed by atoms with Gasteiger partial charge in [0.15, 0.2) is 5.82 Å². The highest BCUT2D eigenvalue weighted by atomic mass is 32.2. The Labute approximate surface area is 154 Å². The highest BCUT2D eigenvalue weighted by Gasteiger charge is 2.18. The van der Waals surface area contributed by atoms with Gasteiger partial charge in [-0.15, -0.1) is 0 Å². The Hall–Kier alpha value is -2.13. The molecule has 0 atom stereocenters. The van der Waals surface area contributed by atoms with E-state index in [9.17, 15) is 13.2 Å². The van der Waals surface area contributed by atoms with E-state index in [1.807, 2.05) is 37.5 Å². The van der Waals surface area contributed by atoms with Crippen LogP contribution in [0, 0.1) is 20.8 Å². The number of rotatable bonds is 8. The van der Waals surface area contributed by atoms with Gasteiger partial charge in [-0.05, 0) is 40.2 Å². The number of hydrogen-bond donors (Lipinski definition) is 1. The molecule has 0 aromatic carbocycles. The number of sulfonamides is 1. The van der Waals surface area contributed by atoms with Crippen LogP contribution in [0.2, 0.25) is 0 Å². The molecule has 0 spiro atoms. The van der Waals surface area contributed by atoms with Crippen molar-refractivity contribution in [2.75, 3.05) is 25.9 Å². The molecule has 1 amide bonds. The molecule has 2 heterocycles. The number of nitrogens with zero attached hydrogens (tertiary/aromatic N) is 3. The van der Waals surface area contributed by atoms with Crippen LogP contribution < -0.4 is 5.32 Å². The van der Waals surface area contributed by atoms with Crippen molar-refractivity contribution in [2.45, 2.75) is 34.1 Å². The smallest absolute Gasteiger partial charge is 0.253 e. The molecule has 0 saturated carbocycles. The Morgan fingerprint density at radius 2 is 2.00 bits per heavy atom. The minimum atomic E-state index is -3.19. The molecule has 26 heavy (non-hydrogen) atoms. The molecule has 2 aromatic heterocycles. The van der Waals surface area contributed by atoms with Crippen LogP contribution in [0.5, 0.6) is 0 Å². The quantitative estimate of drug-likeness (QED) is 0.702. The van der Waals surface area contributed by atoms with Gasteiger partial charge in [-0.2, -0.15) is 0 Å². The lowest BCUT2D eigenvalue weighted by molar-refractivity contribution is 0.0952. The molecule has 1 N–H and O–H groups in total. The maximum atomic E-state index is 12.5. The van der Waals surface area contributed by atoms with Gasteiger partial charge in [0, 0.05) is 37.6 Å². The third kappa shape index (κ3) is 4.34. The molecule has 0 radical (unpaired) electrons. The largest absolute Gasteiger partial charge is 0.360 e. The van der Waals surface area contributed by atoms with Crippen LogP contribution >= 0.6 is 0 Å². The summed E-state index contributed by atoms with van der Waals surface area (Å²) in [7, 11) is -1.64. The van der Waals surface area contributed by atoms with Gasteiger partial charge in [-0.3, -0.25) is 9.36 Å². The van der Waals surface area contributed by atoms with Crippen molar-refractivity contribution in [2.24, 2.45) is 0 Å². The van der Waals surface area contributed by atoms with Crippen molar-refractivity contribution in [3.8, 4) is 5.82 Å². The molecule has 0 unspecified atom stereocenters. The van der Waals surface area contributed by atoms with Gasteiger partial charge in [-0.25, -0.2) is 12.7 Å². The first kappa shape index (κ1) is 20.2. The second kappa shape index (κ2) is 8.05. The SMILES string of the molecule is CCS(=O)(=O)N(C)CCCNC(=O)c1cc(C)n(-c2cc(C)on2)c1C. The second-order valence-electron chi connectivity index (χ2n) is 6.25. The zero-order valence-corrected chi connectivity index (χ0v) is 16.7. The fraction of sp³-hybridized carbons (Fsp3) is 0.529. The van der Waals surface area contributed by atoms with Crippen molar-refractivity contribution in [3.63, 3.8) is 0 Å². The van der Waals surface area contributed by atoms with Gasteiger partial charge in [-0.1, -0.05) is 5.16 Å². The van der Waals surface area contributed by atoms with Gasteiger partial charge < -0.3 is 9.84 Å². The van der Waals surface area contributed by atoms with E-state index >= 15 is 0 Å². The lowest BCUT2D eigenvalue weighted by atomic mass is 10.2. The summed E-state index contributed by atoms with van der Waals surface area (Å²) in [4.78, 5) is 12.5. The summed E-state index contributed by atoms with van der Waals surface area (Å²) >= 11 is 0. The number of nitrogens with one attached hydrogen (secondary N) is 1. The maximum Gasteiger partial charge on any atom is 0.253 e. The van der Waals surface area contributed by atoms with Crippen LogP contribution in [0.4, 0.5) is 0 Å². The normalized spacial score (nSPS) is 11.9. The third-order valence-corrected chi connectivity index (χ3v) is 6.16. The zero-order valence-electron chi connectivity index (χ0n) is 15.9. The van der Waals surface area contributed by atoms with Crippen molar-refractivity contribution < 1.29 is 17.7 Å². The van der Waals surface area contributed by atoms with Crippen LogP contribution in [-0.4, -0.2) is 54.2 Å². The second-order valence-corrected chi connectivity index (χ2v) is 8.61. The molecular weight excluding hydrogens is 356 g/mol.